The van der Waals surface area contributed by atoms with Crippen LogP contribution in [0.3, 0.4) is 0 Å². The van der Waals surface area contributed by atoms with E-state index in [-0.39, 0.29) is 6.15 Å². The minimum Gasteiger partial charge on any atom is -0.344 e. The Balaban J connectivity index is 0.000000810. The lowest BCUT2D eigenvalue weighted by Gasteiger charge is -1.90. The van der Waals surface area contributed by atoms with Crippen molar-refractivity contribution >= 4 is 11.3 Å². The second-order valence-electron chi connectivity index (χ2n) is 2.18. The molecular formula is C8H15NS. The van der Waals surface area contributed by atoms with E-state index in [1.807, 2.05) is 11.3 Å². The van der Waals surface area contributed by atoms with E-state index in [0.717, 1.165) is 0 Å². The van der Waals surface area contributed by atoms with Crippen LogP contribution in [-0.2, 0) is 6.42 Å². The maximum absolute atomic E-state index is 2.23. The van der Waals surface area contributed by atoms with Crippen LogP contribution < -0.4 is 6.15 Å². The van der Waals surface area contributed by atoms with E-state index in [1.54, 1.807) is 0 Å². The van der Waals surface area contributed by atoms with Crippen molar-refractivity contribution in [1.82, 2.24) is 6.15 Å². The van der Waals surface area contributed by atoms with Crippen molar-refractivity contribution in [2.75, 3.05) is 0 Å². The van der Waals surface area contributed by atoms with Crippen LogP contribution >= 0.6 is 11.3 Å². The molecule has 0 bridgehead atoms. The first kappa shape index (κ1) is 9.66. The van der Waals surface area contributed by atoms with E-state index in [4.69, 9.17) is 0 Å². The fourth-order valence-corrected chi connectivity index (χ4v) is 1.56. The van der Waals surface area contributed by atoms with Crippen LogP contribution in [0.5, 0.6) is 0 Å². The zero-order valence-electron chi connectivity index (χ0n) is 6.47. The predicted molar refractivity (Wildman–Crippen MR) is 48.0 cm³/mol. The molecule has 0 aliphatic heterocycles. The van der Waals surface area contributed by atoms with Gasteiger partial charge in [-0.25, -0.2) is 0 Å². The number of thiophene rings is 1. The topological polar surface area (TPSA) is 35.0 Å². The predicted octanol–water partition coefficient (Wildman–Crippen LogP) is 3.25. The van der Waals surface area contributed by atoms with Crippen molar-refractivity contribution in [3.05, 3.63) is 22.4 Å². The number of hydrogen-bond donors (Lipinski definition) is 1. The van der Waals surface area contributed by atoms with Gasteiger partial charge in [-0.2, -0.15) is 0 Å². The molecule has 1 heterocycles. The van der Waals surface area contributed by atoms with Crippen molar-refractivity contribution < 1.29 is 0 Å². The molecule has 0 amide bonds. The second kappa shape index (κ2) is 5.45. The molecule has 0 aliphatic rings. The lowest BCUT2D eigenvalue weighted by atomic mass is 10.2. The Hall–Kier alpha value is -0.340. The van der Waals surface area contributed by atoms with E-state index < -0.39 is 0 Å². The summed E-state index contributed by atoms with van der Waals surface area (Å²) in [6, 6.07) is 4.33. The maximum Gasteiger partial charge on any atom is 0.00452 e. The Kier molecular flexibility index (Phi) is 5.26. The van der Waals surface area contributed by atoms with Gasteiger partial charge in [-0.1, -0.05) is 19.4 Å². The molecule has 10 heavy (non-hydrogen) atoms. The summed E-state index contributed by atoms with van der Waals surface area (Å²) in [6.45, 7) is 2.23. The van der Waals surface area contributed by atoms with Gasteiger partial charge in [0.1, 0.15) is 0 Å². The van der Waals surface area contributed by atoms with Gasteiger partial charge in [-0.15, -0.1) is 11.3 Å². The van der Waals surface area contributed by atoms with Crippen LogP contribution in [0.1, 0.15) is 24.6 Å². The first-order chi connectivity index (χ1) is 4.43. The molecule has 1 aromatic heterocycles. The van der Waals surface area contributed by atoms with Crippen LogP contribution in [-0.4, -0.2) is 0 Å². The Morgan fingerprint density at radius 3 is 2.80 bits per heavy atom. The molecule has 2 heteroatoms. The van der Waals surface area contributed by atoms with Crippen LogP contribution in [0.4, 0.5) is 0 Å². The molecule has 1 aromatic rings. The van der Waals surface area contributed by atoms with Crippen LogP contribution in [0, 0.1) is 0 Å². The lowest BCUT2D eigenvalue weighted by molar-refractivity contribution is 0.804. The maximum atomic E-state index is 2.23. The monoisotopic (exact) mass is 157 g/mol. The minimum absolute atomic E-state index is 0. The van der Waals surface area contributed by atoms with Gasteiger partial charge >= 0.3 is 0 Å². The van der Waals surface area contributed by atoms with Crippen LogP contribution in [0.15, 0.2) is 17.5 Å². The molecular weight excluding hydrogens is 142 g/mol. The fraction of sp³-hybridized carbons (Fsp3) is 0.500. The van der Waals surface area contributed by atoms with E-state index in [0.29, 0.717) is 0 Å². The third-order valence-electron chi connectivity index (χ3n) is 1.36. The van der Waals surface area contributed by atoms with E-state index in [2.05, 4.69) is 24.4 Å². The molecule has 0 aromatic carbocycles. The molecule has 0 fully saturated rings. The smallest absolute Gasteiger partial charge is 0.00452 e. The third-order valence-corrected chi connectivity index (χ3v) is 2.29. The van der Waals surface area contributed by atoms with Crippen molar-refractivity contribution in [3.63, 3.8) is 0 Å². The van der Waals surface area contributed by atoms with Crippen LogP contribution in [0.25, 0.3) is 0 Å². The van der Waals surface area contributed by atoms with Gasteiger partial charge in [0.05, 0.1) is 0 Å². The van der Waals surface area contributed by atoms with Gasteiger partial charge in [0.15, 0.2) is 0 Å². The molecule has 0 aliphatic carbocycles. The summed E-state index contributed by atoms with van der Waals surface area (Å²) in [7, 11) is 0. The Bertz CT molecular complexity index is 146. The highest BCUT2D eigenvalue weighted by molar-refractivity contribution is 7.09. The van der Waals surface area contributed by atoms with Gasteiger partial charge in [0, 0.05) is 4.88 Å². The van der Waals surface area contributed by atoms with Gasteiger partial charge < -0.3 is 6.15 Å². The standard InChI is InChI=1S/C8H12S.H3N/c1-2-3-5-8-6-4-7-9-8;/h4,6-7H,2-3,5H2,1H3;1H3. The molecule has 0 saturated carbocycles. The molecule has 1 rings (SSSR count). The van der Waals surface area contributed by atoms with Crippen molar-refractivity contribution in [2.45, 2.75) is 26.2 Å². The third kappa shape index (κ3) is 2.99. The van der Waals surface area contributed by atoms with Crippen molar-refractivity contribution in [2.24, 2.45) is 0 Å². The molecule has 3 N–H and O–H groups in total. The zero-order chi connectivity index (χ0) is 6.53. The molecule has 58 valence electrons. The average molecular weight is 157 g/mol. The van der Waals surface area contributed by atoms with E-state index in [1.165, 1.54) is 24.1 Å². The average Bonchev–Trinajstić information content (AvgIpc) is 2.34. The molecule has 0 radical (unpaired) electrons. The lowest BCUT2D eigenvalue weighted by Crippen LogP contribution is -1.75. The number of aryl methyl sites for hydroxylation is 1. The van der Waals surface area contributed by atoms with Crippen LogP contribution in [0.2, 0.25) is 0 Å². The normalized spacial score (nSPS) is 8.90. The summed E-state index contributed by atoms with van der Waals surface area (Å²) in [6.07, 6.45) is 3.91. The Morgan fingerprint density at radius 2 is 2.30 bits per heavy atom. The molecule has 1 nitrogen and oxygen atoms in total. The van der Waals surface area contributed by atoms with Gasteiger partial charge in [0.2, 0.25) is 0 Å². The first-order valence-electron chi connectivity index (χ1n) is 3.46. The summed E-state index contributed by atoms with van der Waals surface area (Å²) in [4.78, 5) is 1.52. The number of rotatable bonds is 3. The fourth-order valence-electron chi connectivity index (χ4n) is 0.806. The van der Waals surface area contributed by atoms with Crippen molar-refractivity contribution in [1.29, 1.82) is 0 Å². The van der Waals surface area contributed by atoms with Gasteiger partial charge in [0.25, 0.3) is 0 Å². The first-order valence-corrected chi connectivity index (χ1v) is 4.34. The number of unbranched alkanes of at least 4 members (excludes halogenated alkanes) is 1. The molecule has 0 unspecified atom stereocenters. The Morgan fingerprint density at radius 1 is 1.50 bits per heavy atom. The Labute approximate surface area is 66.7 Å². The minimum atomic E-state index is 0. The summed E-state index contributed by atoms with van der Waals surface area (Å²) in [5, 5.41) is 2.14. The van der Waals surface area contributed by atoms with Gasteiger partial charge in [-0.05, 0) is 24.3 Å². The van der Waals surface area contributed by atoms with E-state index >= 15 is 0 Å². The summed E-state index contributed by atoms with van der Waals surface area (Å²) >= 11 is 1.86. The second-order valence-corrected chi connectivity index (χ2v) is 3.22. The van der Waals surface area contributed by atoms with Crippen molar-refractivity contribution in [3.8, 4) is 0 Å². The van der Waals surface area contributed by atoms with Gasteiger partial charge in [-0.3, -0.25) is 0 Å². The zero-order valence-corrected chi connectivity index (χ0v) is 7.29. The quantitative estimate of drug-likeness (QED) is 0.718. The molecule has 0 atom stereocenters. The highest BCUT2D eigenvalue weighted by Crippen LogP contribution is 2.11. The molecule has 0 saturated heterocycles. The highest BCUT2D eigenvalue weighted by Gasteiger charge is 1.89. The molecule has 0 spiro atoms. The summed E-state index contributed by atoms with van der Waals surface area (Å²) in [5.41, 5.74) is 0. The summed E-state index contributed by atoms with van der Waals surface area (Å²) < 4.78 is 0. The summed E-state index contributed by atoms with van der Waals surface area (Å²) in [5.74, 6) is 0. The number of hydrogen-bond acceptors (Lipinski definition) is 2. The highest BCUT2D eigenvalue weighted by atomic mass is 32.1. The largest absolute Gasteiger partial charge is 0.344 e. The SMILES string of the molecule is CCCCc1cccs1.N. The van der Waals surface area contributed by atoms with E-state index in [9.17, 15) is 0 Å².